The normalized spacial score (nSPS) is 18.0. The van der Waals surface area contributed by atoms with Crippen molar-refractivity contribution in [1.29, 1.82) is 0 Å². The minimum atomic E-state index is -0.897. The van der Waals surface area contributed by atoms with Crippen LogP contribution < -0.4 is 35.0 Å². The summed E-state index contributed by atoms with van der Waals surface area (Å²) in [4.78, 5) is 50.1. The number of amides is 2. The molecule has 3 saturated heterocycles. The zero-order chi connectivity index (χ0) is 52.2. The van der Waals surface area contributed by atoms with Gasteiger partial charge in [-0.05, 0) is 12.1 Å². The molecular formula is C44H40F6N16O8. The summed E-state index contributed by atoms with van der Waals surface area (Å²) >= 11 is 0. The van der Waals surface area contributed by atoms with Gasteiger partial charge in [-0.3, -0.25) is 35.0 Å². The number of hydrazone groups is 1. The van der Waals surface area contributed by atoms with Gasteiger partial charge in [-0.1, -0.05) is 10.4 Å². The first-order valence-electron chi connectivity index (χ1n) is 22.4. The van der Waals surface area contributed by atoms with Crippen LogP contribution in [0.3, 0.4) is 0 Å². The maximum Gasteiger partial charge on any atom is 0.414 e. The molecule has 2 atom stereocenters. The predicted molar refractivity (Wildman–Crippen MR) is 250 cm³/mol. The number of benzene rings is 4. The van der Waals surface area contributed by atoms with E-state index in [0.29, 0.717) is 0 Å². The number of hydrazine groups is 1. The van der Waals surface area contributed by atoms with Gasteiger partial charge in [0.1, 0.15) is 23.6 Å². The van der Waals surface area contributed by atoms with Crippen molar-refractivity contribution in [1.82, 2.24) is 35.4 Å². The highest BCUT2D eigenvalue weighted by Crippen LogP contribution is 2.34. The Balaban J connectivity index is 0.000000182. The minimum absolute atomic E-state index is 0.00269. The number of non-ortho nitro benzene ring substituents is 2. The molecule has 0 aliphatic carbocycles. The molecule has 74 heavy (non-hydrogen) atoms. The number of hydrogen-bond donors (Lipinski definition) is 1. The van der Waals surface area contributed by atoms with Crippen molar-refractivity contribution in [3.8, 4) is 0 Å². The number of carbonyl (C=O) groups is 2. The highest BCUT2D eigenvalue weighted by atomic mass is 19.2. The fourth-order valence-electron chi connectivity index (χ4n) is 8.54. The molecule has 0 unspecified atom stereocenters. The van der Waals surface area contributed by atoms with Gasteiger partial charge in [0.05, 0.1) is 103 Å². The summed E-state index contributed by atoms with van der Waals surface area (Å²) in [5.74, 6) is -5.16. The van der Waals surface area contributed by atoms with Crippen molar-refractivity contribution in [2.45, 2.75) is 25.3 Å². The largest absolute Gasteiger partial charge is 0.442 e. The Kier molecular flexibility index (Phi) is 14.4. The molecule has 2 amide bonds. The second-order valence-corrected chi connectivity index (χ2v) is 16.7. The van der Waals surface area contributed by atoms with Crippen molar-refractivity contribution in [2.24, 2.45) is 5.10 Å². The minimum Gasteiger partial charge on any atom is -0.442 e. The van der Waals surface area contributed by atoms with Crippen molar-refractivity contribution in [2.75, 3.05) is 88.5 Å². The number of hydrogen-bond acceptors (Lipinski definition) is 18. The van der Waals surface area contributed by atoms with Gasteiger partial charge >= 0.3 is 12.2 Å². The molecule has 4 aliphatic heterocycles. The number of carbonyl (C=O) groups excluding carboxylic acids is 2. The van der Waals surface area contributed by atoms with E-state index in [-0.39, 0.29) is 112 Å². The first-order chi connectivity index (χ1) is 35.6. The average Bonchev–Trinajstić information content (AvgIpc) is 4.15. The van der Waals surface area contributed by atoms with Crippen LogP contribution in [0, 0.1) is 55.1 Å². The van der Waals surface area contributed by atoms with E-state index in [1.54, 1.807) is 12.4 Å². The zero-order valence-corrected chi connectivity index (χ0v) is 38.3. The highest BCUT2D eigenvalue weighted by molar-refractivity contribution is 5.91. The number of halogens is 6. The van der Waals surface area contributed by atoms with E-state index in [4.69, 9.17) is 9.47 Å². The number of nitro benzene ring substituents is 2. The third-order valence-corrected chi connectivity index (χ3v) is 12.0. The molecular weight excluding hydrogens is 995 g/mol. The Morgan fingerprint density at radius 2 is 1.09 bits per heavy atom. The molecule has 3 fully saturated rings. The van der Waals surface area contributed by atoms with Crippen LogP contribution in [0.25, 0.3) is 0 Å². The molecule has 1 N–H and O–H groups in total. The van der Waals surface area contributed by atoms with Gasteiger partial charge in [0.25, 0.3) is 11.4 Å². The summed E-state index contributed by atoms with van der Waals surface area (Å²) in [7, 11) is 0. The van der Waals surface area contributed by atoms with Gasteiger partial charge in [0.2, 0.25) is 0 Å². The molecule has 2 aromatic heterocycles. The van der Waals surface area contributed by atoms with Gasteiger partial charge in [-0.2, -0.15) is 5.10 Å². The van der Waals surface area contributed by atoms with E-state index in [2.05, 4.69) is 31.2 Å². The van der Waals surface area contributed by atoms with Gasteiger partial charge in [-0.15, -0.1) is 10.2 Å². The molecule has 0 radical (unpaired) electrons. The van der Waals surface area contributed by atoms with Gasteiger partial charge in [0, 0.05) is 81.2 Å². The average molecular weight is 1030 g/mol. The van der Waals surface area contributed by atoms with Crippen LogP contribution in [0.2, 0.25) is 0 Å². The number of anilines is 6. The summed E-state index contributed by atoms with van der Waals surface area (Å²) in [5, 5.41) is 43.5. The van der Waals surface area contributed by atoms with E-state index in [1.807, 2.05) is 0 Å². The van der Waals surface area contributed by atoms with Gasteiger partial charge in [-0.25, -0.2) is 50.7 Å². The van der Waals surface area contributed by atoms with Crippen LogP contribution in [-0.4, -0.2) is 129 Å². The van der Waals surface area contributed by atoms with Gasteiger partial charge < -0.3 is 24.3 Å². The third kappa shape index (κ3) is 10.9. The summed E-state index contributed by atoms with van der Waals surface area (Å²) in [6.45, 7) is 1.46. The number of ether oxygens (including phenoxy) is 2. The Labute approximate surface area is 413 Å². The smallest absolute Gasteiger partial charge is 0.414 e. The standard InChI is InChI=1S/C22H21F3N8O4.C22H19F3N8O4/c2*23-17-9-14(33(35)36)1-2-20(17)32-8-7-29(5-4-27-32)21-18(24)10-15(11-19(21)25)31-13-16(37-22(31)34)12-30-6-3-26-28-30/h1-3,6,9-11,16,27H,4-5,7-8,12-13H2;1-4,6,9-11,16H,5,7-8,12-13H2/t2*16-/m00/s1. The molecule has 0 spiro atoms. The molecule has 10 rings (SSSR count). The Hall–Kier alpha value is -9.09. The fourth-order valence-corrected chi connectivity index (χ4v) is 8.54. The summed E-state index contributed by atoms with van der Waals surface area (Å²) in [6, 6.07) is 10.7. The van der Waals surface area contributed by atoms with E-state index in [9.17, 15) is 38.6 Å². The summed E-state index contributed by atoms with van der Waals surface area (Å²) in [6.07, 6.45) is 4.92. The lowest BCUT2D eigenvalue weighted by Crippen LogP contribution is -2.39. The molecule has 4 aliphatic rings. The molecule has 0 saturated carbocycles. The van der Waals surface area contributed by atoms with E-state index < -0.39 is 74.8 Å². The number of nitrogens with zero attached hydrogens (tertiary/aromatic N) is 15. The van der Waals surface area contributed by atoms with Crippen molar-refractivity contribution in [3.05, 3.63) is 141 Å². The summed E-state index contributed by atoms with van der Waals surface area (Å²) < 4.78 is 103. The highest BCUT2D eigenvalue weighted by Gasteiger charge is 2.36. The lowest BCUT2D eigenvalue weighted by atomic mass is 10.2. The molecule has 6 heterocycles. The maximum absolute atomic E-state index is 15.2. The SMILES string of the molecule is O=C1O[C@@H](Cn2ccnn2)CN1c1cc(F)c(N2CC=NN(c3ccc([N+](=O)[O-])cc3F)CC2)c(F)c1.O=C1O[C@@H](Cn2ccnn2)CN1c1cc(F)c(N2CCNN(c3ccc([N+](=O)[O-])cc3F)CC2)c(F)c1. The fraction of sp³-hybridized carbons (Fsp3) is 0.295. The number of cyclic esters (lactones) is 2. The van der Waals surface area contributed by atoms with Crippen LogP contribution in [0.15, 0.2) is 90.6 Å². The Morgan fingerprint density at radius 1 is 0.608 bits per heavy atom. The monoisotopic (exact) mass is 1030 g/mol. The van der Waals surface area contributed by atoms with Crippen LogP contribution >= 0.6 is 0 Å². The lowest BCUT2D eigenvalue weighted by molar-refractivity contribution is -0.385. The molecule has 24 nitrogen and oxygen atoms in total. The Morgan fingerprint density at radius 3 is 1.57 bits per heavy atom. The topological polar surface area (TPSA) is 244 Å². The number of rotatable bonds is 12. The maximum atomic E-state index is 15.2. The van der Waals surface area contributed by atoms with Crippen LogP contribution in [-0.2, 0) is 22.6 Å². The predicted octanol–water partition coefficient (Wildman–Crippen LogP) is 5.40. The van der Waals surface area contributed by atoms with Crippen molar-refractivity contribution >= 4 is 63.9 Å². The van der Waals surface area contributed by atoms with Crippen molar-refractivity contribution < 1.29 is 55.3 Å². The second-order valence-electron chi connectivity index (χ2n) is 16.7. The molecule has 386 valence electrons. The number of aromatic nitrogens is 6. The van der Waals surface area contributed by atoms with Gasteiger partial charge in [0.15, 0.2) is 34.9 Å². The van der Waals surface area contributed by atoms with Crippen LogP contribution in [0.1, 0.15) is 0 Å². The number of nitro groups is 2. The molecule has 0 bridgehead atoms. The molecule has 6 aromatic rings. The zero-order valence-electron chi connectivity index (χ0n) is 38.3. The Bertz CT molecular complexity index is 3060. The van der Waals surface area contributed by atoms with Crippen molar-refractivity contribution in [3.63, 3.8) is 0 Å². The number of nitrogens with one attached hydrogen (secondary N) is 1. The molecule has 30 heteroatoms. The van der Waals surface area contributed by atoms with Crippen LogP contribution in [0.5, 0.6) is 0 Å². The third-order valence-electron chi connectivity index (χ3n) is 12.0. The summed E-state index contributed by atoms with van der Waals surface area (Å²) in [5.41, 5.74) is 1.68. The van der Waals surface area contributed by atoms with E-state index in [0.717, 1.165) is 52.3 Å². The lowest BCUT2D eigenvalue weighted by Gasteiger charge is -2.25. The quantitative estimate of drug-likeness (QED) is 0.0916. The van der Waals surface area contributed by atoms with E-state index in [1.165, 1.54) is 66.0 Å². The second kappa shape index (κ2) is 21.3. The van der Waals surface area contributed by atoms with Crippen LogP contribution in [0.4, 0.5) is 81.4 Å². The first-order valence-corrected chi connectivity index (χ1v) is 22.4. The first kappa shape index (κ1) is 49.9. The van der Waals surface area contributed by atoms with E-state index >= 15 is 17.6 Å². The molecule has 4 aromatic carbocycles.